The summed E-state index contributed by atoms with van der Waals surface area (Å²) in [5.74, 6) is -0.594. The van der Waals surface area contributed by atoms with Crippen LogP contribution in [0, 0.1) is 0 Å². The highest BCUT2D eigenvalue weighted by Crippen LogP contribution is 2.32. The third-order valence-electron chi connectivity index (χ3n) is 2.88. The fraction of sp³-hybridized carbons (Fsp3) is 0.231. The molecule has 6 nitrogen and oxygen atoms in total. The quantitative estimate of drug-likeness (QED) is 0.751. The van der Waals surface area contributed by atoms with Crippen molar-refractivity contribution in [2.75, 3.05) is 11.1 Å². The third kappa shape index (κ3) is 2.70. The number of nitrogen functional groups attached to an aromatic ring is 1. The van der Waals surface area contributed by atoms with Crippen molar-refractivity contribution in [3.05, 3.63) is 34.6 Å². The van der Waals surface area contributed by atoms with Crippen LogP contribution in [0.25, 0.3) is 0 Å². The molecule has 0 aliphatic heterocycles. The molecule has 0 aliphatic rings. The monoisotopic (exact) mass is 293 g/mol. The predicted octanol–water partition coefficient (Wildman–Crippen LogP) is 2.06. The number of nitrogens with zero attached hydrogens (tertiary/aromatic N) is 2. The molecule has 2 aromatic rings. The molecule has 20 heavy (non-hydrogen) atoms. The Morgan fingerprint density at radius 3 is 2.80 bits per heavy atom. The molecule has 0 unspecified atom stereocenters. The number of anilines is 3. The van der Waals surface area contributed by atoms with E-state index < -0.39 is 5.91 Å². The van der Waals surface area contributed by atoms with Gasteiger partial charge < -0.3 is 16.8 Å². The van der Waals surface area contributed by atoms with Crippen LogP contribution in [0.1, 0.15) is 23.0 Å². The lowest BCUT2D eigenvalue weighted by molar-refractivity contribution is 0.100. The highest BCUT2D eigenvalue weighted by atomic mass is 35.5. The van der Waals surface area contributed by atoms with Crippen LogP contribution < -0.4 is 16.8 Å². The average molecular weight is 294 g/mol. The van der Waals surface area contributed by atoms with Gasteiger partial charge in [-0.25, -0.2) is 0 Å². The van der Waals surface area contributed by atoms with Crippen molar-refractivity contribution in [2.24, 2.45) is 12.8 Å². The number of hydrogen-bond acceptors (Lipinski definition) is 4. The van der Waals surface area contributed by atoms with E-state index in [1.807, 2.05) is 20.2 Å². The number of rotatable bonds is 4. The van der Waals surface area contributed by atoms with Gasteiger partial charge in [0, 0.05) is 18.9 Å². The first-order valence-corrected chi connectivity index (χ1v) is 6.48. The molecule has 0 spiro atoms. The average Bonchev–Trinajstić information content (AvgIpc) is 2.72. The molecule has 0 aliphatic carbocycles. The molecular formula is C13H16ClN5O. The summed E-state index contributed by atoms with van der Waals surface area (Å²) >= 11 is 6.15. The molecular weight excluding hydrogens is 278 g/mol. The van der Waals surface area contributed by atoms with E-state index in [9.17, 15) is 4.79 Å². The van der Waals surface area contributed by atoms with Crippen LogP contribution in [0.15, 0.2) is 18.3 Å². The number of primary amides is 1. The van der Waals surface area contributed by atoms with E-state index in [0.29, 0.717) is 16.4 Å². The molecule has 1 aromatic carbocycles. The number of halogens is 1. The van der Waals surface area contributed by atoms with Crippen LogP contribution in [0.4, 0.5) is 17.1 Å². The Labute approximate surface area is 121 Å². The highest BCUT2D eigenvalue weighted by Gasteiger charge is 2.16. The largest absolute Gasteiger partial charge is 0.399 e. The molecule has 7 heteroatoms. The number of carbonyl (C=O) groups is 1. The number of amides is 1. The molecule has 0 fully saturated rings. The van der Waals surface area contributed by atoms with Crippen molar-refractivity contribution in [2.45, 2.75) is 13.3 Å². The van der Waals surface area contributed by atoms with Gasteiger partial charge in [0.05, 0.1) is 27.7 Å². The summed E-state index contributed by atoms with van der Waals surface area (Å²) in [6, 6.07) is 3.07. The Morgan fingerprint density at radius 1 is 1.50 bits per heavy atom. The van der Waals surface area contributed by atoms with Gasteiger partial charge >= 0.3 is 0 Å². The summed E-state index contributed by atoms with van der Waals surface area (Å²) in [4.78, 5) is 11.5. The first-order chi connectivity index (χ1) is 9.42. The van der Waals surface area contributed by atoms with E-state index in [0.717, 1.165) is 17.8 Å². The van der Waals surface area contributed by atoms with Gasteiger partial charge in [-0.05, 0) is 18.6 Å². The van der Waals surface area contributed by atoms with Crippen LogP contribution in [0.3, 0.4) is 0 Å². The smallest absolute Gasteiger partial charge is 0.250 e. The number of carbonyl (C=O) groups excluding carboxylic acids is 1. The zero-order valence-corrected chi connectivity index (χ0v) is 12.0. The van der Waals surface area contributed by atoms with Gasteiger partial charge in [0.2, 0.25) is 0 Å². The van der Waals surface area contributed by atoms with Crippen LogP contribution >= 0.6 is 11.6 Å². The minimum Gasteiger partial charge on any atom is -0.399 e. The van der Waals surface area contributed by atoms with E-state index in [1.165, 1.54) is 6.07 Å². The zero-order chi connectivity index (χ0) is 14.9. The van der Waals surface area contributed by atoms with Crippen molar-refractivity contribution in [1.29, 1.82) is 0 Å². The van der Waals surface area contributed by atoms with Gasteiger partial charge in [-0.1, -0.05) is 18.5 Å². The summed E-state index contributed by atoms with van der Waals surface area (Å²) in [5, 5.41) is 7.77. The minimum atomic E-state index is -0.594. The maximum atomic E-state index is 11.5. The molecule has 106 valence electrons. The SMILES string of the molecule is CCc1nn(C)cc1Nc1c(Cl)cc(N)cc1C(N)=O. The van der Waals surface area contributed by atoms with Crippen molar-refractivity contribution in [3.8, 4) is 0 Å². The summed E-state index contributed by atoms with van der Waals surface area (Å²) in [7, 11) is 1.82. The normalized spacial score (nSPS) is 10.6. The van der Waals surface area contributed by atoms with Crippen molar-refractivity contribution >= 4 is 34.6 Å². The van der Waals surface area contributed by atoms with Crippen molar-refractivity contribution < 1.29 is 4.79 Å². The number of hydrogen-bond donors (Lipinski definition) is 3. The molecule has 1 aromatic heterocycles. The molecule has 1 amide bonds. The molecule has 0 atom stereocenters. The maximum Gasteiger partial charge on any atom is 0.250 e. The van der Waals surface area contributed by atoms with Crippen LogP contribution in [-0.2, 0) is 13.5 Å². The first kappa shape index (κ1) is 14.2. The van der Waals surface area contributed by atoms with Crippen LogP contribution in [0.2, 0.25) is 5.02 Å². The Bertz CT molecular complexity index is 665. The fourth-order valence-corrected chi connectivity index (χ4v) is 2.26. The molecule has 0 saturated heterocycles. The molecule has 0 saturated carbocycles. The Morgan fingerprint density at radius 2 is 2.20 bits per heavy atom. The van der Waals surface area contributed by atoms with Gasteiger partial charge in [-0.2, -0.15) is 5.10 Å². The van der Waals surface area contributed by atoms with Crippen molar-refractivity contribution in [3.63, 3.8) is 0 Å². The lowest BCUT2D eigenvalue weighted by Crippen LogP contribution is -2.14. The van der Waals surface area contributed by atoms with Crippen molar-refractivity contribution in [1.82, 2.24) is 9.78 Å². The molecule has 1 heterocycles. The van der Waals surface area contributed by atoms with Gasteiger partial charge in [-0.3, -0.25) is 9.48 Å². The minimum absolute atomic E-state index is 0.251. The van der Waals surface area contributed by atoms with Gasteiger partial charge in [0.15, 0.2) is 0 Å². The standard InChI is InChI=1S/C13H16ClN5O/c1-3-10-11(6-19(2)18-10)17-12-8(13(16)20)4-7(15)5-9(12)14/h4-6,17H,3,15H2,1-2H3,(H2,16,20). The van der Waals surface area contributed by atoms with E-state index >= 15 is 0 Å². The van der Waals surface area contributed by atoms with Gasteiger partial charge in [0.25, 0.3) is 5.91 Å². The Balaban J connectivity index is 2.50. The molecule has 2 rings (SSSR count). The summed E-state index contributed by atoms with van der Waals surface area (Å²) in [6.07, 6.45) is 2.57. The second-order valence-electron chi connectivity index (χ2n) is 4.43. The summed E-state index contributed by atoms with van der Waals surface area (Å²) in [5.41, 5.74) is 13.8. The maximum absolute atomic E-state index is 11.5. The zero-order valence-electron chi connectivity index (χ0n) is 11.3. The number of nitrogens with one attached hydrogen (secondary N) is 1. The number of nitrogens with two attached hydrogens (primary N) is 2. The molecule has 5 N–H and O–H groups in total. The number of aryl methyl sites for hydroxylation is 2. The van der Waals surface area contributed by atoms with Gasteiger partial charge in [-0.15, -0.1) is 0 Å². The Hall–Kier alpha value is -2.21. The van der Waals surface area contributed by atoms with Gasteiger partial charge in [0.1, 0.15) is 0 Å². The van der Waals surface area contributed by atoms with E-state index in [1.54, 1.807) is 10.7 Å². The third-order valence-corrected chi connectivity index (χ3v) is 3.18. The lowest BCUT2D eigenvalue weighted by Gasteiger charge is -2.12. The molecule has 0 radical (unpaired) electrons. The summed E-state index contributed by atoms with van der Waals surface area (Å²) in [6.45, 7) is 1.99. The second-order valence-corrected chi connectivity index (χ2v) is 4.84. The van der Waals surface area contributed by atoms with Crippen LogP contribution in [0.5, 0.6) is 0 Å². The Kier molecular flexibility index (Phi) is 3.85. The lowest BCUT2D eigenvalue weighted by atomic mass is 10.1. The number of aromatic nitrogens is 2. The topological polar surface area (TPSA) is 99.0 Å². The first-order valence-electron chi connectivity index (χ1n) is 6.10. The van der Waals surface area contributed by atoms with E-state index in [4.69, 9.17) is 23.1 Å². The second kappa shape index (κ2) is 5.42. The van der Waals surface area contributed by atoms with E-state index in [2.05, 4.69) is 10.4 Å². The molecule has 0 bridgehead atoms. The fourth-order valence-electron chi connectivity index (χ4n) is 1.98. The summed E-state index contributed by atoms with van der Waals surface area (Å²) < 4.78 is 1.69. The van der Waals surface area contributed by atoms with Crippen LogP contribution in [-0.4, -0.2) is 15.7 Å². The van der Waals surface area contributed by atoms with E-state index in [-0.39, 0.29) is 5.56 Å². The number of benzene rings is 1. The predicted molar refractivity (Wildman–Crippen MR) is 80.3 cm³/mol. The highest BCUT2D eigenvalue weighted by molar-refractivity contribution is 6.34.